The largest absolute Gasteiger partial charge is 0.494 e. The third-order valence-corrected chi connectivity index (χ3v) is 2.91. The predicted octanol–water partition coefficient (Wildman–Crippen LogP) is 3.36. The number of nitroso groups, excluding NO2 is 1. The molecule has 0 fully saturated rings. The molecule has 0 aliphatic heterocycles. The first-order valence-corrected chi connectivity index (χ1v) is 6.64. The third kappa shape index (κ3) is 4.19. The molecule has 1 aromatic rings. The minimum absolute atomic E-state index is 0.0223. The Morgan fingerprint density at radius 3 is 2.70 bits per heavy atom. The van der Waals surface area contributed by atoms with Gasteiger partial charge in [0.1, 0.15) is 11.4 Å². The zero-order valence-corrected chi connectivity index (χ0v) is 12.1. The minimum Gasteiger partial charge on any atom is -0.494 e. The van der Waals surface area contributed by atoms with Gasteiger partial charge < -0.3 is 9.64 Å². The molecule has 0 aliphatic rings. The first-order chi connectivity index (χ1) is 9.65. The third-order valence-electron chi connectivity index (χ3n) is 2.91. The zero-order chi connectivity index (χ0) is 15.0. The van der Waals surface area contributed by atoms with Crippen LogP contribution in [-0.4, -0.2) is 31.0 Å². The van der Waals surface area contributed by atoms with E-state index in [0.717, 1.165) is 18.5 Å². The molecule has 5 heteroatoms. The van der Waals surface area contributed by atoms with E-state index in [1.807, 2.05) is 13.8 Å². The Morgan fingerprint density at radius 2 is 2.15 bits per heavy atom. The fourth-order valence-electron chi connectivity index (χ4n) is 1.84. The molecule has 0 heterocycles. The van der Waals surface area contributed by atoms with Crippen molar-refractivity contribution in [1.29, 1.82) is 0 Å². The molecule has 0 aromatic heterocycles. The maximum atomic E-state index is 12.0. The van der Waals surface area contributed by atoms with E-state index in [2.05, 4.69) is 5.18 Å². The molecule has 1 amide bonds. The number of likely N-dealkylation sites (N-methyl/N-ethyl adjacent to an activating group) is 1. The minimum atomic E-state index is -0.0223. The Bertz CT molecular complexity index is 498. The van der Waals surface area contributed by atoms with E-state index in [0.29, 0.717) is 12.3 Å². The van der Waals surface area contributed by atoms with E-state index < -0.39 is 0 Å². The monoisotopic (exact) mass is 276 g/mol. The Balaban J connectivity index is 2.84. The average molecular weight is 276 g/mol. The molecule has 0 radical (unpaired) electrons. The quantitative estimate of drug-likeness (QED) is 0.566. The zero-order valence-electron chi connectivity index (χ0n) is 12.1. The standard InChI is InChI=1S/C15H20N2O3/c1-4-10-17(5-2)15(18)9-7-12-6-8-13(16-19)14(11-12)20-3/h6-9,11H,4-5,10H2,1-3H3/b9-7+. The highest BCUT2D eigenvalue weighted by Crippen LogP contribution is 2.28. The molecule has 1 rings (SSSR count). The number of hydrogen-bond acceptors (Lipinski definition) is 4. The Hall–Kier alpha value is -2.17. The number of rotatable bonds is 7. The van der Waals surface area contributed by atoms with Crippen molar-refractivity contribution in [1.82, 2.24) is 4.90 Å². The van der Waals surface area contributed by atoms with Gasteiger partial charge in [-0.05, 0) is 42.3 Å². The van der Waals surface area contributed by atoms with Crippen LogP contribution >= 0.6 is 0 Å². The molecule has 0 aliphatic carbocycles. The fourth-order valence-corrected chi connectivity index (χ4v) is 1.84. The Kier molecular flexibility index (Phi) is 6.43. The summed E-state index contributed by atoms with van der Waals surface area (Å²) in [5.41, 5.74) is 1.03. The van der Waals surface area contributed by atoms with Gasteiger partial charge >= 0.3 is 0 Å². The van der Waals surface area contributed by atoms with E-state index in [9.17, 15) is 9.70 Å². The van der Waals surface area contributed by atoms with Crippen LogP contribution in [0.15, 0.2) is 29.5 Å². The molecule has 0 atom stereocenters. The van der Waals surface area contributed by atoms with E-state index in [4.69, 9.17) is 4.74 Å². The first-order valence-electron chi connectivity index (χ1n) is 6.64. The molecule has 0 N–H and O–H groups in total. The lowest BCUT2D eigenvalue weighted by atomic mass is 10.1. The molecule has 0 saturated carbocycles. The van der Waals surface area contributed by atoms with Crippen molar-refractivity contribution in [2.75, 3.05) is 20.2 Å². The van der Waals surface area contributed by atoms with E-state index >= 15 is 0 Å². The fraction of sp³-hybridized carbons (Fsp3) is 0.400. The summed E-state index contributed by atoms with van der Waals surface area (Å²) in [5.74, 6) is 0.376. The second-order valence-corrected chi connectivity index (χ2v) is 4.27. The summed E-state index contributed by atoms with van der Waals surface area (Å²) in [5, 5.41) is 2.87. The molecular formula is C15H20N2O3. The van der Waals surface area contributed by atoms with Gasteiger partial charge in [-0.15, -0.1) is 4.91 Å². The summed E-state index contributed by atoms with van der Waals surface area (Å²) < 4.78 is 5.07. The second-order valence-electron chi connectivity index (χ2n) is 4.27. The van der Waals surface area contributed by atoms with Crippen LogP contribution in [0.1, 0.15) is 25.8 Å². The average Bonchev–Trinajstić information content (AvgIpc) is 2.49. The lowest BCUT2D eigenvalue weighted by Crippen LogP contribution is -2.29. The van der Waals surface area contributed by atoms with Gasteiger partial charge in [0.2, 0.25) is 5.91 Å². The maximum absolute atomic E-state index is 12.0. The Morgan fingerprint density at radius 1 is 1.40 bits per heavy atom. The number of benzene rings is 1. The van der Waals surface area contributed by atoms with Crippen LogP contribution in [0.25, 0.3) is 6.08 Å². The molecule has 0 bridgehead atoms. The number of carbonyl (C=O) groups excluding carboxylic acids is 1. The van der Waals surface area contributed by atoms with Crippen LogP contribution in [-0.2, 0) is 4.79 Å². The van der Waals surface area contributed by atoms with E-state index in [1.54, 1.807) is 29.2 Å². The highest BCUT2D eigenvalue weighted by atomic mass is 16.5. The topological polar surface area (TPSA) is 59.0 Å². The van der Waals surface area contributed by atoms with E-state index in [1.165, 1.54) is 13.2 Å². The Labute approximate surface area is 119 Å². The summed E-state index contributed by atoms with van der Waals surface area (Å²) >= 11 is 0. The van der Waals surface area contributed by atoms with Crippen LogP contribution in [0, 0.1) is 4.91 Å². The number of ether oxygens (including phenoxy) is 1. The highest BCUT2D eigenvalue weighted by molar-refractivity contribution is 5.91. The number of amides is 1. The van der Waals surface area contributed by atoms with Crippen LogP contribution in [0.5, 0.6) is 5.75 Å². The van der Waals surface area contributed by atoms with Crippen LogP contribution in [0.3, 0.4) is 0 Å². The van der Waals surface area contributed by atoms with Gasteiger partial charge in [-0.2, -0.15) is 0 Å². The van der Waals surface area contributed by atoms with Crippen LogP contribution < -0.4 is 4.74 Å². The first kappa shape index (κ1) is 15.9. The van der Waals surface area contributed by atoms with Crippen molar-refractivity contribution in [3.63, 3.8) is 0 Å². The summed E-state index contributed by atoms with van der Waals surface area (Å²) in [6.45, 7) is 5.43. The van der Waals surface area contributed by atoms with Crippen molar-refractivity contribution in [2.24, 2.45) is 5.18 Å². The van der Waals surface area contributed by atoms with Gasteiger partial charge in [-0.1, -0.05) is 13.0 Å². The number of nitrogens with zero attached hydrogens (tertiary/aromatic N) is 2. The van der Waals surface area contributed by atoms with Crippen molar-refractivity contribution in [3.05, 3.63) is 34.7 Å². The van der Waals surface area contributed by atoms with Gasteiger partial charge in [0, 0.05) is 19.2 Å². The van der Waals surface area contributed by atoms with Crippen molar-refractivity contribution >= 4 is 17.7 Å². The molecule has 0 saturated heterocycles. The van der Waals surface area contributed by atoms with Gasteiger partial charge in [0.05, 0.1) is 7.11 Å². The molecule has 108 valence electrons. The molecule has 0 spiro atoms. The summed E-state index contributed by atoms with van der Waals surface area (Å²) in [6.07, 6.45) is 4.17. The summed E-state index contributed by atoms with van der Waals surface area (Å²) in [6, 6.07) is 4.97. The van der Waals surface area contributed by atoms with Gasteiger partial charge in [-0.25, -0.2) is 0 Å². The SMILES string of the molecule is CCCN(CC)C(=O)/C=C/c1ccc(N=O)c(OC)c1. The number of hydrogen-bond donors (Lipinski definition) is 0. The van der Waals surface area contributed by atoms with Gasteiger partial charge in [-0.3, -0.25) is 4.79 Å². The van der Waals surface area contributed by atoms with Gasteiger partial charge in [0.25, 0.3) is 0 Å². The lowest BCUT2D eigenvalue weighted by molar-refractivity contribution is -0.125. The summed E-state index contributed by atoms with van der Waals surface area (Å²) in [4.78, 5) is 24.3. The molecule has 1 aromatic carbocycles. The molecule has 5 nitrogen and oxygen atoms in total. The second kappa shape index (κ2) is 8.09. The van der Waals surface area contributed by atoms with Crippen LogP contribution in [0.2, 0.25) is 0 Å². The molecular weight excluding hydrogens is 256 g/mol. The van der Waals surface area contributed by atoms with Gasteiger partial charge in [0.15, 0.2) is 0 Å². The molecule has 0 unspecified atom stereocenters. The van der Waals surface area contributed by atoms with Crippen molar-refractivity contribution in [3.8, 4) is 5.75 Å². The predicted molar refractivity (Wildman–Crippen MR) is 80.0 cm³/mol. The van der Waals surface area contributed by atoms with Crippen LogP contribution in [0.4, 0.5) is 5.69 Å². The normalized spacial score (nSPS) is 10.6. The van der Waals surface area contributed by atoms with Crippen molar-refractivity contribution in [2.45, 2.75) is 20.3 Å². The number of carbonyl (C=O) groups is 1. The lowest BCUT2D eigenvalue weighted by Gasteiger charge is -2.17. The molecule has 20 heavy (non-hydrogen) atoms. The highest BCUT2D eigenvalue weighted by Gasteiger charge is 2.07. The maximum Gasteiger partial charge on any atom is 0.246 e. The summed E-state index contributed by atoms with van der Waals surface area (Å²) in [7, 11) is 1.47. The van der Waals surface area contributed by atoms with E-state index in [-0.39, 0.29) is 11.6 Å². The van der Waals surface area contributed by atoms with Crippen molar-refractivity contribution < 1.29 is 9.53 Å². The number of methoxy groups -OCH3 is 1. The smallest absolute Gasteiger partial charge is 0.246 e.